The molecule has 2 aliphatic rings. The molecule has 2 aromatic rings. The predicted molar refractivity (Wildman–Crippen MR) is 96.1 cm³/mol. The molecular formula is C20H20N2O3. The highest BCUT2D eigenvalue weighted by molar-refractivity contribution is 6.05. The molecule has 1 saturated carbocycles. The molecule has 0 aromatic heterocycles. The maximum Gasteiger partial charge on any atom is 0.255 e. The highest BCUT2D eigenvalue weighted by atomic mass is 16.5. The number of amides is 2. The first-order valence-electron chi connectivity index (χ1n) is 8.59. The topological polar surface area (TPSA) is 67.4 Å². The summed E-state index contributed by atoms with van der Waals surface area (Å²) < 4.78 is 5.48. The van der Waals surface area contributed by atoms with Crippen LogP contribution in [0, 0.1) is 12.8 Å². The van der Waals surface area contributed by atoms with E-state index < -0.39 is 0 Å². The number of nitrogens with one attached hydrogen (secondary N) is 2. The van der Waals surface area contributed by atoms with Crippen LogP contribution in [0.3, 0.4) is 0 Å². The van der Waals surface area contributed by atoms with Gasteiger partial charge in [-0.2, -0.15) is 0 Å². The van der Waals surface area contributed by atoms with E-state index in [2.05, 4.69) is 10.6 Å². The van der Waals surface area contributed by atoms with Gasteiger partial charge >= 0.3 is 0 Å². The fraction of sp³-hybridized carbons (Fsp3) is 0.300. The number of carbonyl (C=O) groups is 2. The largest absolute Gasteiger partial charge is 0.493 e. The van der Waals surface area contributed by atoms with Gasteiger partial charge in [-0.1, -0.05) is 6.07 Å². The summed E-state index contributed by atoms with van der Waals surface area (Å²) in [4.78, 5) is 24.5. The van der Waals surface area contributed by atoms with Crippen molar-refractivity contribution in [1.82, 2.24) is 0 Å². The lowest BCUT2D eigenvalue weighted by molar-refractivity contribution is -0.117. The molecule has 2 aromatic carbocycles. The van der Waals surface area contributed by atoms with Crippen molar-refractivity contribution >= 4 is 23.2 Å². The van der Waals surface area contributed by atoms with Crippen molar-refractivity contribution in [3.63, 3.8) is 0 Å². The number of hydrogen-bond donors (Lipinski definition) is 2. The normalized spacial score (nSPS) is 15.2. The Balaban J connectivity index is 1.51. The standard InChI is InChI=1S/C20H20N2O3/c1-12-2-6-16(21-19(23)13-3-4-13)11-17(12)22-20(24)15-5-7-18-14(10-15)8-9-25-18/h2,5-7,10-11,13H,3-4,8-9H2,1H3,(H,21,23)(H,22,24). The summed E-state index contributed by atoms with van der Waals surface area (Å²) in [6.45, 7) is 2.60. The van der Waals surface area contributed by atoms with Crippen LogP contribution < -0.4 is 15.4 Å². The van der Waals surface area contributed by atoms with E-state index in [9.17, 15) is 9.59 Å². The van der Waals surface area contributed by atoms with E-state index >= 15 is 0 Å². The molecule has 0 radical (unpaired) electrons. The van der Waals surface area contributed by atoms with Gasteiger partial charge in [0, 0.05) is 29.3 Å². The lowest BCUT2D eigenvalue weighted by Gasteiger charge is -2.12. The maximum absolute atomic E-state index is 12.6. The Morgan fingerprint density at radius 3 is 2.72 bits per heavy atom. The fourth-order valence-electron chi connectivity index (χ4n) is 2.95. The van der Waals surface area contributed by atoms with Gasteiger partial charge in [0.15, 0.2) is 0 Å². The summed E-state index contributed by atoms with van der Waals surface area (Å²) >= 11 is 0. The van der Waals surface area contributed by atoms with Gasteiger partial charge in [-0.15, -0.1) is 0 Å². The van der Waals surface area contributed by atoms with Crippen LogP contribution in [0.4, 0.5) is 11.4 Å². The molecule has 4 rings (SSSR count). The van der Waals surface area contributed by atoms with Crippen LogP contribution in [-0.4, -0.2) is 18.4 Å². The Morgan fingerprint density at radius 1 is 1.08 bits per heavy atom. The Morgan fingerprint density at radius 2 is 1.92 bits per heavy atom. The zero-order chi connectivity index (χ0) is 17.4. The van der Waals surface area contributed by atoms with Crippen molar-refractivity contribution in [1.29, 1.82) is 0 Å². The SMILES string of the molecule is Cc1ccc(NC(=O)C2CC2)cc1NC(=O)c1ccc2c(c1)CCO2. The van der Waals surface area contributed by atoms with Gasteiger partial charge in [-0.3, -0.25) is 9.59 Å². The van der Waals surface area contributed by atoms with Crippen molar-refractivity contribution in [3.8, 4) is 5.75 Å². The highest BCUT2D eigenvalue weighted by Crippen LogP contribution is 2.31. The number of carbonyl (C=O) groups excluding carboxylic acids is 2. The van der Waals surface area contributed by atoms with Crippen LogP contribution in [0.5, 0.6) is 5.75 Å². The average molecular weight is 336 g/mol. The number of aryl methyl sites for hydroxylation is 1. The quantitative estimate of drug-likeness (QED) is 0.897. The lowest BCUT2D eigenvalue weighted by atomic mass is 10.1. The summed E-state index contributed by atoms with van der Waals surface area (Å²) in [5.74, 6) is 0.897. The van der Waals surface area contributed by atoms with Gasteiger partial charge in [0.25, 0.3) is 5.91 Å². The number of hydrogen-bond acceptors (Lipinski definition) is 3. The number of rotatable bonds is 4. The molecule has 0 atom stereocenters. The molecule has 0 saturated heterocycles. The van der Waals surface area contributed by atoms with Crippen LogP contribution in [0.25, 0.3) is 0 Å². The van der Waals surface area contributed by atoms with Gasteiger partial charge in [-0.25, -0.2) is 0 Å². The molecular weight excluding hydrogens is 316 g/mol. The van der Waals surface area contributed by atoms with Gasteiger partial charge in [0.1, 0.15) is 5.75 Å². The number of anilines is 2. The second-order valence-corrected chi connectivity index (χ2v) is 6.67. The highest BCUT2D eigenvalue weighted by Gasteiger charge is 2.29. The number of benzene rings is 2. The molecule has 2 N–H and O–H groups in total. The molecule has 5 heteroatoms. The van der Waals surface area contributed by atoms with E-state index in [-0.39, 0.29) is 17.7 Å². The molecule has 5 nitrogen and oxygen atoms in total. The first kappa shape index (κ1) is 15.7. The monoisotopic (exact) mass is 336 g/mol. The molecule has 0 unspecified atom stereocenters. The third-order valence-electron chi connectivity index (χ3n) is 4.65. The van der Waals surface area contributed by atoms with E-state index in [0.717, 1.165) is 36.1 Å². The van der Waals surface area contributed by atoms with Gasteiger partial charge in [0.05, 0.1) is 6.61 Å². The van der Waals surface area contributed by atoms with Crippen molar-refractivity contribution in [2.75, 3.05) is 17.2 Å². The molecule has 1 fully saturated rings. The van der Waals surface area contributed by atoms with E-state index in [0.29, 0.717) is 23.5 Å². The van der Waals surface area contributed by atoms with Gasteiger partial charge in [0.2, 0.25) is 5.91 Å². The van der Waals surface area contributed by atoms with Crippen LogP contribution >= 0.6 is 0 Å². The summed E-state index contributed by atoms with van der Waals surface area (Å²) in [5, 5.41) is 5.86. The Bertz CT molecular complexity index is 856. The van der Waals surface area contributed by atoms with Crippen LogP contribution in [0.15, 0.2) is 36.4 Å². The molecule has 0 spiro atoms. The first-order chi connectivity index (χ1) is 12.1. The fourth-order valence-corrected chi connectivity index (χ4v) is 2.95. The second-order valence-electron chi connectivity index (χ2n) is 6.67. The van der Waals surface area contributed by atoms with Gasteiger partial charge in [-0.05, 0) is 61.2 Å². The van der Waals surface area contributed by atoms with E-state index in [4.69, 9.17) is 4.74 Å². The van der Waals surface area contributed by atoms with E-state index in [1.54, 1.807) is 6.07 Å². The smallest absolute Gasteiger partial charge is 0.255 e. The lowest BCUT2D eigenvalue weighted by Crippen LogP contribution is -2.15. The van der Waals surface area contributed by atoms with Crippen molar-refractivity contribution in [3.05, 3.63) is 53.1 Å². The third-order valence-corrected chi connectivity index (χ3v) is 4.65. The summed E-state index contributed by atoms with van der Waals surface area (Å²) in [7, 11) is 0. The van der Waals surface area contributed by atoms with E-state index in [1.807, 2.05) is 37.3 Å². The molecule has 128 valence electrons. The zero-order valence-electron chi connectivity index (χ0n) is 14.1. The predicted octanol–water partition coefficient (Wildman–Crippen LogP) is 3.53. The summed E-state index contributed by atoms with van der Waals surface area (Å²) in [6, 6.07) is 11.1. The molecule has 25 heavy (non-hydrogen) atoms. The van der Waals surface area contributed by atoms with Gasteiger partial charge < -0.3 is 15.4 Å². The molecule has 1 heterocycles. The Kier molecular flexibility index (Phi) is 3.92. The molecule has 1 aliphatic carbocycles. The molecule has 1 aliphatic heterocycles. The number of fused-ring (bicyclic) bond motifs is 1. The maximum atomic E-state index is 12.6. The molecule has 2 amide bonds. The average Bonchev–Trinajstić information content (AvgIpc) is 3.35. The third kappa shape index (κ3) is 3.36. The number of ether oxygens (including phenoxy) is 1. The van der Waals surface area contributed by atoms with Crippen LogP contribution in [-0.2, 0) is 11.2 Å². The minimum Gasteiger partial charge on any atom is -0.493 e. The second kappa shape index (κ2) is 6.24. The van der Waals surface area contributed by atoms with E-state index in [1.165, 1.54) is 0 Å². The van der Waals surface area contributed by atoms with Crippen molar-refractivity contribution < 1.29 is 14.3 Å². The van der Waals surface area contributed by atoms with Crippen molar-refractivity contribution in [2.45, 2.75) is 26.2 Å². The Hall–Kier alpha value is -2.82. The first-order valence-corrected chi connectivity index (χ1v) is 8.59. The summed E-state index contributed by atoms with van der Waals surface area (Å²) in [6.07, 6.45) is 2.75. The zero-order valence-corrected chi connectivity index (χ0v) is 14.1. The molecule has 0 bridgehead atoms. The Labute approximate surface area is 146 Å². The van der Waals surface area contributed by atoms with Crippen molar-refractivity contribution in [2.24, 2.45) is 5.92 Å². The van der Waals surface area contributed by atoms with Crippen LogP contribution in [0.2, 0.25) is 0 Å². The minimum absolute atomic E-state index is 0.0553. The minimum atomic E-state index is -0.163. The summed E-state index contributed by atoms with van der Waals surface area (Å²) in [5.41, 5.74) is 4.03. The van der Waals surface area contributed by atoms with Crippen LogP contribution in [0.1, 0.15) is 34.3 Å².